The third kappa shape index (κ3) is 4.26. The van der Waals surface area contributed by atoms with E-state index in [2.05, 4.69) is 9.71 Å². The van der Waals surface area contributed by atoms with Gasteiger partial charge in [-0.05, 0) is 23.3 Å². The van der Waals surface area contributed by atoms with E-state index in [-0.39, 0.29) is 11.4 Å². The van der Waals surface area contributed by atoms with Crippen molar-refractivity contribution in [1.82, 2.24) is 14.3 Å². The summed E-state index contributed by atoms with van der Waals surface area (Å²) in [4.78, 5) is 4.14. The molecule has 1 aromatic heterocycles. The van der Waals surface area contributed by atoms with Crippen LogP contribution < -0.4 is 9.46 Å². The number of sulfonamides is 1. The first-order valence-corrected chi connectivity index (χ1v) is 9.23. The minimum absolute atomic E-state index is 0.134. The fraction of sp³-hybridized carbons (Fsp3) is 0.167. The summed E-state index contributed by atoms with van der Waals surface area (Å²) in [6, 6.07) is 14.3. The highest BCUT2D eigenvalue weighted by Crippen LogP contribution is 2.22. The van der Waals surface area contributed by atoms with Crippen LogP contribution in [0, 0.1) is 0 Å². The Morgan fingerprint density at radius 3 is 2.48 bits per heavy atom. The molecule has 1 N–H and O–H groups in total. The molecule has 0 bridgehead atoms. The molecule has 0 aliphatic heterocycles. The Morgan fingerprint density at radius 2 is 1.80 bits per heavy atom. The first-order valence-electron chi connectivity index (χ1n) is 7.75. The summed E-state index contributed by atoms with van der Waals surface area (Å²) in [6.07, 6.45) is 5.39. The van der Waals surface area contributed by atoms with Crippen molar-refractivity contribution in [2.24, 2.45) is 0 Å². The van der Waals surface area contributed by atoms with Gasteiger partial charge in [-0.1, -0.05) is 36.4 Å². The zero-order valence-corrected chi connectivity index (χ0v) is 14.6. The molecule has 3 rings (SSSR count). The monoisotopic (exact) mass is 357 g/mol. The Balaban J connectivity index is 1.66. The first kappa shape index (κ1) is 17.2. The summed E-state index contributed by atoms with van der Waals surface area (Å²) in [5.41, 5.74) is 2.00. The number of aromatic nitrogens is 2. The lowest BCUT2D eigenvalue weighted by Crippen LogP contribution is -2.23. The van der Waals surface area contributed by atoms with Crippen molar-refractivity contribution in [1.29, 1.82) is 0 Å². The number of nitrogens with one attached hydrogen (secondary N) is 1. The summed E-state index contributed by atoms with van der Waals surface area (Å²) in [5, 5.41) is 0. The van der Waals surface area contributed by atoms with Crippen molar-refractivity contribution in [3.05, 3.63) is 78.4 Å². The highest BCUT2D eigenvalue weighted by atomic mass is 32.2. The van der Waals surface area contributed by atoms with Crippen LogP contribution >= 0.6 is 0 Å². The van der Waals surface area contributed by atoms with Crippen LogP contribution in [-0.4, -0.2) is 25.1 Å². The third-order valence-corrected chi connectivity index (χ3v) is 5.21. The predicted molar refractivity (Wildman–Crippen MR) is 94.8 cm³/mol. The Kier molecular flexibility index (Phi) is 5.16. The molecule has 0 amide bonds. The summed E-state index contributed by atoms with van der Waals surface area (Å²) in [5.74, 6) is 0.325. The lowest BCUT2D eigenvalue weighted by molar-refractivity contribution is 0.402. The average Bonchev–Trinajstić information content (AvgIpc) is 3.14. The molecule has 2 aromatic carbocycles. The molecule has 7 heteroatoms. The molecule has 0 saturated carbocycles. The van der Waals surface area contributed by atoms with Gasteiger partial charge in [0, 0.05) is 25.5 Å². The molecular formula is C18H19N3O3S. The van der Waals surface area contributed by atoms with Crippen LogP contribution in [0.1, 0.15) is 11.1 Å². The molecule has 0 fully saturated rings. The number of methoxy groups -OCH3 is 1. The van der Waals surface area contributed by atoms with Gasteiger partial charge in [-0.25, -0.2) is 18.1 Å². The molecular weight excluding hydrogens is 338 g/mol. The van der Waals surface area contributed by atoms with E-state index in [1.807, 2.05) is 35.0 Å². The van der Waals surface area contributed by atoms with Crippen LogP contribution in [0.5, 0.6) is 5.75 Å². The lowest BCUT2D eigenvalue weighted by Gasteiger charge is -2.11. The van der Waals surface area contributed by atoms with Gasteiger partial charge in [0.05, 0.1) is 13.4 Å². The Bertz CT molecular complexity index is 920. The van der Waals surface area contributed by atoms with Crippen molar-refractivity contribution in [2.75, 3.05) is 7.11 Å². The van der Waals surface area contributed by atoms with Crippen molar-refractivity contribution in [2.45, 2.75) is 18.0 Å². The van der Waals surface area contributed by atoms with Gasteiger partial charge in [-0.2, -0.15) is 0 Å². The minimum Gasteiger partial charge on any atom is -0.495 e. The molecule has 0 radical (unpaired) electrons. The smallest absolute Gasteiger partial charge is 0.244 e. The number of nitrogens with zero attached hydrogens (tertiary/aromatic N) is 2. The number of para-hydroxylation sites is 1. The zero-order chi connectivity index (χ0) is 17.7. The van der Waals surface area contributed by atoms with Crippen molar-refractivity contribution < 1.29 is 13.2 Å². The molecule has 0 spiro atoms. The molecule has 6 nitrogen and oxygen atoms in total. The maximum Gasteiger partial charge on any atom is 0.244 e. The quantitative estimate of drug-likeness (QED) is 0.705. The van der Waals surface area contributed by atoms with E-state index in [4.69, 9.17) is 4.74 Å². The highest BCUT2D eigenvalue weighted by molar-refractivity contribution is 7.89. The second-order valence-electron chi connectivity index (χ2n) is 5.53. The van der Waals surface area contributed by atoms with Crippen LogP contribution in [0.4, 0.5) is 0 Å². The second-order valence-corrected chi connectivity index (χ2v) is 7.26. The maximum atomic E-state index is 12.5. The summed E-state index contributed by atoms with van der Waals surface area (Å²) in [6.45, 7) is 0.943. The van der Waals surface area contributed by atoms with E-state index < -0.39 is 10.0 Å². The number of benzene rings is 2. The normalized spacial score (nSPS) is 11.4. The summed E-state index contributed by atoms with van der Waals surface area (Å²) < 4.78 is 34.6. The predicted octanol–water partition coefficient (Wildman–Crippen LogP) is 2.42. The van der Waals surface area contributed by atoms with Gasteiger partial charge < -0.3 is 9.30 Å². The maximum absolute atomic E-state index is 12.5. The van der Waals surface area contributed by atoms with Crippen LogP contribution in [0.2, 0.25) is 0 Å². The van der Waals surface area contributed by atoms with Crippen LogP contribution in [0.3, 0.4) is 0 Å². The fourth-order valence-corrected chi connectivity index (χ4v) is 3.64. The van der Waals surface area contributed by atoms with Crippen molar-refractivity contribution >= 4 is 10.0 Å². The first-order chi connectivity index (χ1) is 12.1. The SMILES string of the molecule is COc1ccccc1S(=O)(=O)NCc1ccc(Cn2ccnc2)cc1. The van der Waals surface area contributed by atoms with Gasteiger partial charge in [0.2, 0.25) is 10.0 Å². The van der Waals surface area contributed by atoms with Gasteiger partial charge >= 0.3 is 0 Å². The largest absolute Gasteiger partial charge is 0.495 e. The molecule has 130 valence electrons. The Labute approximate surface area is 147 Å². The molecule has 25 heavy (non-hydrogen) atoms. The van der Waals surface area contributed by atoms with Crippen molar-refractivity contribution in [3.63, 3.8) is 0 Å². The molecule has 3 aromatic rings. The molecule has 0 aliphatic rings. The van der Waals surface area contributed by atoms with E-state index in [1.165, 1.54) is 13.2 Å². The van der Waals surface area contributed by atoms with E-state index in [0.717, 1.165) is 17.7 Å². The van der Waals surface area contributed by atoms with Gasteiger partial charge in [-0.3, -0.25) is 0 Å². The Morgan fingerprint density at radius 1 is 1.08 bits per heavy atom. The third-order valence-electron chi connectivity index (χ3n) is 3.77. The summed E-state index contributed by atoms with van der Waals surface area (Å²) in [7, 11) is -2.19. The van der Waals surface area contributed by atoms with Crippen molar-refractivity contribution in [3.8, 4) is 5.75 Å². The van der Waals surface area contributed by atoms with Crippen LogP contribution in [0.15, 0.2) is 72.1 Å². The number of hydrogen-bond acceptors (Lipinski definition) is 4. The van der Waals surface area contributed by atoms with Gasteiger partial charge in [0.1, 0.15) is 10.6 Å². The number of imidazole rings is 1. The van der Waals surface area contributed by atoms with Gasteiger partial charge in [-0.15, -0.1) is 0 Å². The molecule has 0 saturated heterocycles. The number of rotatable bonds is 7. The average molecular weight is 357 g/mol. The number of ether oxygens (including phenoxy) is 1. The molecule has 0 aliphatic carbocycles. The van der Waals surface area contributed by atoms with E-state index >= 15 is 0 Å². The van der Waals surface area contributed by atoms with E-state index in [9.17, 15) is 8.42 Å². The van der Waals surface area contributed by atoms with E-state index in [1.54, 1.807) is 30.7 Å². The topological polar surface area (TPSA) is 73.2 Å². The van der Waals surface area contributed by atoms with Crippen LogP contribution in [-0.2, 0) is 23.1 Å². The number of hydrogen-bond donors (Lipinski definition) is 1. The van der Waals surface area contributed by atoms with E-state index in [0.29, 0.717) is 5.75 Å². The standard InChI is InChI=1S/C18H19N3O3S/c1-24-17-4-2-3-5-18(17)25(22,23)20-12-15-6-8-16(9-7-15)13-21-11-10-19-14-21/h2-11,14,20H,12-13H2,1H3. The summed E-state index contributed by atoms with van der Waals surface area (Å²) >= 11 is 0. The molecule has 0 unspecified atom stereocenters. The second kappa shape index (κ2) is 7.50. The van der Waals surface area contributed by atoms with Gasteiger partial charge in [0.25, 0.3) is 0 Å². The zero-order valence-electron chi connectivity index (χ0n) is 13.8. The molecule has 1 heterocycles. The fourth-order valence-electron chi connectivity index (χ4n) is 2.45. The Hall–Kier alpha value is -2.64. The minimum atomic E-state index is -3.64. The lowest BCUT2D eigenvalue weighted by atomic mass is 10.1. The molecule has 0 atom stereocenters. The van der Waals surface area contributed by atoms with Crippen LogP contribution in [0.25, 0.3) is 0 Å². The van der Waals surface area contributed by atoms with Gasteiger partial charge in [0.15, 0.2) is 0 Å². The highest BCUT2D eigenvalue weighted by Gasteiger charge is 2.18.